The summed E-state index contributed by atoms with van der Waals surface area (Å²) in [5.41, 5.74) is 3.69. The first kappa shape index (κ1) is 29.0. The number of fused-ring (bicyclic) bond motifs is 5. The van der Waals surface area contributed by atoms with Gasteiger partial charge in [-0.1, -0.05) is 69.8 Å². The number of ether oxygens (including phenoxy) is 2. The van der Waals surface area contributed by atoms with Crippen LogP contribution in [-0.2, 0) is 14.3 Å². The molecule has 1 aliphatic heterocycles. The first-order valence-electron chi connectivity index (χ1n) is 17.2. The molecule has 0 N–H and O–H groups in total. The predicted molar refractivity (Wildman–Crippen MR) is 163 cm³/mol. The third-order valence-corrected chi connectivity index (χ3v) is 13.0. The van der Waals surface area contributed by atoms with Crippen LogP contribution in [0.2, 0.25) is 0 Å². The molecule has 4 nitrogen and oxygen atoms in total. The maximum Gasteiger partial charge on any atom is 0.177 e. The van der Waals surface area contributed by atoms with Crippen molar-refractivity contribution >= 4 is 5.71 Å². The van der Waals surface area contributed by atoms with Crippen LogP contribution in [0.15, 0.2) is 29.0 Å². The number of allylic oxidation sites excluding steroid dienone is 1. The van der Waals surface area contributed by atoms with E-state index in [1.807, 2.05) is 0 Å². The van der Waals surface area contributed by atoms with Gasteiger partial charge in [-0.05, 0) is 118 Å². The summed E-state index contributed by atoms with van der Waals surface area (Å²) in [5.74, 6) is 4.25. The summed E-state index contributed by atoms with van der Waals surface area (Å²) >= 11 is 0. The quantitative estimate of drug-likeness (QED) is 0.180. The Labute approximate surface area is 244 Å². The molecular weight excluding hydrogens is 494 g/mol. The van der Waals surface area contributed by atoms with Crippen molar-refractivity contribution in [2.24, 2.45) is 51.5 Å². The van der Waals surface area contributed by atoms with Crippen molar-refractivity contribution in [2.75, 3.05) is 6.61 Å². The third-order valence-electron chi connectivity index (χ3n) is 13.0. The molecule has 6 rings (SSSR count). The van der Waals surface area contributed by atoms with E-state index in [0.29, 0.717) is 22.7 Å². The fraction of sp³-hybridized carbons (Fsp3) is 0.861. The van der Waals surface area contributed by atoms with Crippen LogP contribution in [0.5, 0.6) is 0 Å². The Bertz CT molecular complexity index is 981. The van der Waals surface area contributed by atoms with E-state index in [9.17, 15) is 0 Å². The summed E-state index contributed by atoms with van der Waals surface area (Å²) in [4.78, 5) is 6.00. The average Bonchev–Trinajstić information content (AvgIpc) is 3.32. The summed E-state index contributed by atoms with van der Waals surface area (Å²) in [6, 6.07) is 0. The molecule has 40 heavy (non-hydrogen) atoms. The van der Waals surface area contributed by atoms with Crippen LogP contribution >= 0.6 is 0 Å². The lowest BCUT2D eigenvalue weighted by Gasteiger charge is -2.58. The number of hydrogen-bond donors (Lipinski definition) is 0. The second kappa shape index (κ2) is 11.9. The highest BCUT2D eigenvalue weighted by Gasteiger charge is 2.59. The average molecular weight is 552 g/mol. The molecule has 5 unspecified atom stereocenters. The molecule has 1 heterocycles. The zero-order valence-corrected chi connectivity index (χ0v) is 26.2. The van der Waals surface area contributed by atoms with Gasteiger partial charge in [0.05, 0.1) is 17.9 Å². The summed E-state index contributed by atoms with van der Waals surface area (Å²) in [7, 11) is 0. The zero-order valence-electron chi connectivity index (χ0n) is 26.2. The first-order valence-corrected chi connectivity index (χ1v) is 17.2. The Kier molecular flexibility index (Phi) is 8.59. The van der Waals surface area contributed by atoms with Crippen molar-refractivity contribution in [3.63, 3.8) is 0 Å². The van der Waals surface area contributed by atoms with Crippen molar-refractivity contribution < 1.29 is 14.3 Å². The van der Waals surface area contributed by atoms with E-state index in [4.69, 9.17) is 19.5 Å². The SMILES string of the molecule is CC[C@H]1OC(OC2CC[C@@]3(C)C(=CCC4C3CC[C@@]3(C)C4CC[C@@H]3/C(C)=N/OCC3CCCCC3)C2)C=C[C@@H]1C. The molecule has 10 atom stereocenters. The van der Waals surface area contributed by atoms with E-state index < -0.39 is 0 Å². The van der Waals surface area contributed by atoms with E-state index in [1.165, 1.54) is 76.3 Å². The molecule has 0 aromatic heterocycles. The summed E-state index contributed by atoms with van der Waals surface area (Å²) in [5, 5.41) is 4.77. The van der Waals surface area contributed by atoms with Crippen LogP contribution in [0.1, 0.15) is 125 Å². The highest BCUT2D eigenvalue weighted by atomic mass is 16.7. The molecule has 4 fully saturated rings. The minimum absolute atomic E-state index is 0.171. The molecule has 4 saturated carbocycles. The first-order chi connectivity index (χ1) is 19.3. The van der Waals surface area contributed by atoms with Gasteiger partial charge in [-0.15, -0.1) is 0 Å². The van der Waals surface area contributed by atoms with Crippen LogP contribution in [0.25, 0.3) is 0 Å². The van der Waals surface area contributed by atoms with Crippen molar-refractivity contribution in [3.8, 4) is 0 Å². The van der Waals surface area contributed by atoms with Crippen LogP contribution in [0.3, 0.4) is 0 Å². The minimum atomic E-state index is -0.171. The molecular formula is C36H57NO3. The molecule has 224 valence electrons. The molecule has 6 aliphatic rings. The van der Waals surface area contributed by atoms with Gasteiger partial charge in [0.15, 0.2) is 6.29 Å². The van der Waals surface area contributed by atoms with Crippen LogP contribution < -0.4 is 0 Å². The minimum Gasteiger partial charge on any atom is -0.396 e. The summed E-state index contributed by atoms with van der Waals surface area (Å²) < 4.78 is 12.9. The fourth-order valence-corrected chi connectivity index (χ4v) is 10.6. The summed E-state index contributed by atoms with van der Waals surface area (Å²) in [6.07, 6.45) is 25.5. The number of oxime groups is 1. The van der Waals surface area contributed by atoms with Gasteiger partial charge in [0.25, 0.3) is 0 Å². The largest absolute Gasteiger partial charge is 0.396 e. The number of rotatable bonds is 7. The predicted octanol–water partition coefficient (Wildman–Crippen LogP) is 9.25. The molecule has 4 heteroatoms. The van der Waals surface area contributed by atoms with Gasteiger partial charge in [-0.25, -0.2) is 0 Å². The Morgan fingerprint density at radius 2 is 1.82 bits per heavy atom. The molecule has 0 aromatic rings. The smallest absolute Gasteiger partial charge is 0.177 e. The van der Waals surface area contributed by atoms with Crippen molar-refractivity contribution in [2.45, 2.75) is 143 Å². The Balaban J connectivity index is 1.09. The Hall–Kier alpha value is -1.13. The van der Waals surface area contributed by atoms with Crippen molar-refractivity contribution in [3.05, 3.63) is 23.8 Å². The monoisotopic (exact) mass is 551 g/mol. The molecule has 0 bridgehead atoms. The van der Waals surface area contributed by atoms with Gasteiger partial charge in [0, 0.05) is 11.8 Å². The van der Waals surface area contributed by atoms with Crippen LogP contribution in [-0.4, -0.2) is 30.8 Å². The van der Waals surface area contributed by atoms with E-state index in [2.05, 4.69) is 52.8 Å². The second-order valence-electron chi connectivity index (χ2n) is 15.2. The van der Waals surface area contributed by atoms with Crippen LogP contribution in [0.4, 0.5) is 0 Å². The van der Waals surface area contributed by atoms with E-state index >= 15 is 0 Å². The van der Waals surface area contributed by atoms with Gasteiger partial charge in [0.1, 0.15) is 6.61 Å². The third kappa shape index (κ3) is 5.38. The standard InChI is InChI=1S/C36H57NO3/c1-6-33-24(2)12-17-34(40-33)39-28-18-20-35(4)27(22-28)13-14-29-31-16-15-30(36(31,5)21-19-32(29)35)25(3)37-38-23-26-10-8-7-9-11-26/h12-13,17,24,26,28-34H,6-11,14-16,18-23H2,1-5H3/b37-25+/t24-,28?,29?,30+,31?,32?,33+,34?,35-,36+/m0/s1. The van der Waals surface area contributed by atoms with E-state index in [0.717, 1.165) is 49.5 Å². The molecule has 0 radical (unpaired) electrons. The summed E-state index contributed by atoms with van der Waals surface area (Å²) in [6.45, 7) is 12.8. The topological polar surface area (TPSA) is 40.0 Å². The molecule has 5 aliphatic carbocycles. The molecule has 0 spiro atoms. The van der Waals surface area contributed by atoms with Gasteiger partial charge in [-0.2, -0.15) is 0 Å². The molecule has 0 saturated heterocycles. The fourth-order valence-electron chi connectivity index (χ4n) is 10.6. The number of nitrogens with zero attached hydrogens (tertiary/aromatic N) is 1. The lowest BCUT2D eigenvalue weighted by atomic mass is 9.47. The highest BCUT2D eigenvalue weighted by Crippen LogP contribution is 2.66. The Morgan fingerprint density at radius 1 is 1.00 bits per heavy atom. The Morgan fingerprint density at radius 3 is 2.62 bits per heavy atom. The number of hydrogen-bond acceptors (Lipinski definition) is 4. The van der Waals surface area contributed by atoms with E-state index in [1.54, 1.807) is 5.57 Å². The normalized spacial score (nSPS) is 45.8. The van der Waals surface area contributed by atoms with Crippen molar-refractivity contribution in [1.82, 2.24) is 0 Å². The van der Waals surface area contributed by atoms with Crippen molar-refractivity contribution in [1.29, 1.82) is 0 Å². The lowest BCUT2D eigenvalue weighted by molar-refractivity contribution is -0.188. The maximum atomic E-state index is 6.56. The lowest BCUT2D eigenvalue weighted by Crippen LogP contribution is -2.51. The highest BCUT2D eigenvalue weighted by molar-refractivity contribution is 5.85. The maximum absolute atomic E-state index is 6.56. The van der Waals surface area contributed by atoms with Gasteiger partial charge >= 0.3 is 0 Å². The molecule has 0 aromatic carbocycles. The molecule has 0 amide bonds. The van der Waals surface area contributed by atoms with Gasteiger partial charge < -0.3 is 14.3 Å². The van der Waals surface area contributed by atoms with Crippen LogP contribution in [0, 0.1) is 46.3 Å². The van der Waals surface area contributed by atoms with E-state index in [-0.39, 0.29) is 18.5 Å². The van der Waals surface area contributed by atoms with Gasteiger partial charge in [-0.3, -0.25) is 0 Å². The zero-order chi connectivity index (χ0) is 27.9. The second-order valence-corrected chi connectivity index (χ2v) is 15.2. The van der Waals surface area contributed by atoms with Gasteiger partial charge in [0.2, 0.25) is 0 Å².